The van der Waals surface area contributed by atoms with Gasteiger partial charge in [0.1, 0.15) is 11.8 Å². The minimum Gasteiger partial charge on any atom is -0.480 e. The zero-order valence-corrected chi connectivity index (χ0v) is 13.0. The van der Waals surface area contributed by atoms with Gasteiger partial charge < -0.3 is 15.2 Å². The Morgan fingerprint density at radius 2 is 1.91 bits per heavy atom. The first kappa shape index (κ1) is 18.8. The van der Waals surface area contributed by atoms with Gasteiger partial charge in [0.05, 0.1) is 6.54 Å². The number of hydrogen-bond donors (Lipinski definition) is 2. The number of rotatable bonds is 9. The fraction of sp³-hybridized carbons (Fsp3) is 0.467. The Balaban J connectivity index is 2.33. The van der Waals surface area contributed by atoms with Crippen molar-refractivity contribution in [3.8, 4) is 5.75 Å². The van der Waals surface area contributed by atoms with Crippen LogP contribution in [-0.4, -0.2) is 54.7 Å². The van der Waals surface area contributed by atoms with E-state index in [2.05, 4.69) is 10.1 Å². The Hall–Kier alpha value is -2.22. The Morgan fingerprint density at radius 3 is 2.43 bits per heavy atom. The van der Waals surface area contributed by atoms with E-state index in [0.717, 1.165) is 5.56 Å². The lowest BCUT2D eigenvalue weighted by Gasteiger charge is -2.20. The molecule has 2 N–H and O–H groups in total. The molecule has 6 nitrogen and oxygen atoms in total. The molecule has 23 heavy (non-hydrogen) atoms. The average Bonchev–Trinajstić information content (AvgIpc) is 2.47. The third kappa shape index (κ3) is 7.05. The van der Waals surface area contributed by atoms with E-state index >= 15 is 0 Å². The number of hydrogen-bond acceptors (Lipinski definition) is 4. The molecule has 1 amide bonds. The number of carboxylic acid groups (broad SMARTS) is 1. The number of likely N-dealkylation sites (N-methyl/N-ethyl adjacent to an activating group) is 1. The second-order valence-corrected chi connectivity index (χ2v) is 5.05. The maximum atomic E-state index is 12.0. The number of benzene rings is 1. The molecule has 1 aromatic carbocycles. The van der Waals surface area contributed by atoms with Crippen LogP contribution in [0.5, 0.6) is 5.75 Å². The van der Waals surface area contributed by atoms with E-state index in [4.69, 9.17) is 5.11 Å². The van der Waals surface area contributed by atoms with Gasteiger partial charge in [-0.1, -0.05) is 12.1 Å². The lowest BCUT2D eigenvalue weighted by atomic mass is 10.1. The van der Waals surface area contributed by atoms with Gasteiger partial charge in [-0.15, -0.1) is 0 Å². The molecule has 0 aliphatic rings. The molecule has 1 rings (SSSR count). The summed E-state index contributed by atoms with van der Waals surface area (Å²) in [6, 6.07) is 5.41. The van der Waals surface area contributed by atoms with Gasteiger partial charge in [-0.25, -0.2) is 0 Å². The van der Waals surface area contributed by atoms with E-state index < -0.39 is 18.6 Å². The molecular weight excluding hydrogens is 310 g/mol. The van der Waals surface area contributed by atoms with E-state index in [1.54, 1.807) is 19.2 Å². The zero-order chi connectivity index (χ0) is 17.4. The number of nitrogens with zero attached hydrogens (tertiary/aromatic N) is 1. The SMILES string of the molecule is CC(C(=O)O)N(C)CC(=O)NCCc1ccc(OC(F)F)cc1. The van der Waals surface area contributed by atoms with Gasteiger partial charge in [0.15, 0.2) is 0 Å². The molecule has 0 aromatic heterocycles. The number of nitrogens with one attached hydrogen (secondary N) is 1. The van der Waals surface area contributed by atoms with Crippen LogP contribution in [0.1, 0.15) is 12.5 Å². The first-order valence-electron chi connectivity index (χ1n) is 7.03. The van der Waals surface area contributed by atoms with Crippen molar-refractivity contribution in [3.05, 3.63) is 29.8 Å². The quantitative estimate of drug-likeness (QED) is 0.715. The van der Waals surface area contributed by atoms with Gasteiger partial charge in [0.25, 0.3) is 0 Å². The van der Waals surface area contributed by atoms with Crippen molar-refractivity contribution >= 4 is 11.9 Å². The summed E-state index contributed by atoms with van der Waals surface area (Å²) < 4.78 is 28.3. The van der Waals surface area contributed by atoms with Crippen LogP contribution in [0.25, 0.3) is 0 Å². The molecule has 0 fully saturated rings. The number of carboxylic acids is 1. The summed E-state index contributed by atoms with van der Waals surface area (Å²) >= 11 is 0. The van der Waals surface area contributed by atoms with Crippen LogP contribution >= 0.6 is 0 Å². The predicted molar refractivity (Wildman–Crippen MR) is 79.5 cm³/mol. The lowest BCUT2D eigenvalue weighted by Crippen LogP contribution is -2.43. The van der Waals surface area contributed by atoms with Crippen molar-refractivity contribution in [1.82, 2.24) is 10.2 Å². The second kappa shape index (κ2) is 9.04. The molecule has 0 radical (unpaired) electrons. The maximum absolute atomic E-state index is 12.0. The molecule has 0 bridgehead atoms. The van der Waals surface area contributed by atoms with Crippen molar-refractivity contribution in [3.63, 3.8) is 0 Å². The molecule has 0 saturated heterocycles. The van der Waals surface area contributed by atoms with Gasteiger partial charge in [0.2, 0.25) is 5.91 Å². The van der Waals surface area contributed by atoms with Crippen molar-refractivity contribution in [2.75, 3.05) is 20.1 Å². The van der Waals surface area contributed by atoms with Crippen LogP contribution in [0.15, 0.2) is 24.3 Å². The number of carbonyl (C=O) groups excluding carboxylic acids is 1. The van der Waals surface area contributed by atoms with Crippen molar-refractivity contribution in [2.45, 2.75) is 26.0 Å². The highest BCUT2D eigenvalue weighted by molar-refractivity contribution is 5.79. The van der Waals surface area contributed by atoms with Crippen LogP contribution in [-0.2, 0) is 16.0 Å². The number of halogens is 2. The van der Waals surface area contributed by atoms with Crippen LogP contribution in [0.2, 0.25) is 0 Å². The first-order chi connectivity index (χ1) is 10.8. The Labute approximate surface area is 133 Å². The molecule has 8 heteroatoms. The number of carbonyl (C=O) groups is 2. The molecule has 1 unspecified atom stereocenters. The lowest BCUT2D eigenvalue weighted by molar-refractivity contribution is -0.142. The molecule has 0 aliphatic heterocycles. The second-order valence-electron chi connectivity index (χ2n) is 5.05. The van der Waals surface area contributed by atoms with Gasteiger partial charge in [-0.2, -0.15) is 8.78 Å². The summed E-state index contributed by atoms with van der Waals surface area (Å²) in [4.78, 5) is 23.9. The number of amides is 1. The van der Waals surface area contributed by atoms with E-state index in [1.165, 1.54) is 24.0 Å². The van der Waals surface area contributed by atoms with E-state index in [1.807, 2.05) is 0 Å². The van der Waals surface area contributed by atoms with Crippen molar-refractivity contribution in [2.24, 2.45) is 0 Å². The fourth-order valence-electron chi connectivity index (χ4n) is 1.79. The molecule has 0 saturated carbocycles. The molecule has 1 atom stereocenters. The van der Waals surface area contributed by atoms with Gasteiger partial charge >= 0.3 is 12.6 Å². The van der Waals surface area contributed by atoms with E-state index in [9.17, 15) is 18.4 Å². The monoisotopic (exact) mass is 330 g/mol. The van der Waals surface area contributed by atoms with Gasteiger partial charge in [-0.3, -0.25) is 14.5 Å². The summed E-state index contributed by atoms with van der Waals surface area (Å²) in [5.74, 6) is -1.19. The molecule has 0 heterocycles. The summed E-state index contributed by atoms with van der Waals surface area (Å²) in [6.45, 7) is -1.01. The largest absolute Gasteiger partial charge is 0.480 e. The van der Waals surface area contributed by atoms with Crippen LogP contribution in [0.4, 0.5) is 8.78 Å². The van der Waals surface area contributed by atoms with E-state index in [-0.39, 0.29) is 18.2 Å². The first-order valence-corrected chi connectivity index (χ1v) is 7.03. The predicted octanol–water partition coefficient (Wildman–Crippen LogP) is 1.35. The maximum Gasteiger partial charge on any atom is 0.387 e. The molecular formula is C15H20F2N2O4. The minimum atomic E-state index is -2.86. The number of aliphatic carboxylic acids is 1. The average molecular weight is 330 g/mol. The third-order valence-corrected chi connectivity index (χ3v) is 3.30. The molecule has 0 spiro atoms. The highest BCUT2D eigenvalue weighted by atomic mass is 19.3. The Morgan fingerprint density at radius 1 is 1.30 bits per heavy atom. The summed E-state index contributed by atoms with van der Waals surface area (Å²) in [5.41, 5.74) is 0.860. The number of ether oxygens (including phenoxy) is 1. The smallest absolute Gasteiger partial charge is 0.387 e. The highest BCUT2D eigenvalue weighted by Crippen LogP contribution is 2.14. The Kier molecular flexibility index (Phi) is 7.40. The van der Waals surface area contributed by atoms with Crippen LogP contribution in [0.3, 0.4) is 0 Å². The number of alkyl halides is 2. The zero-order valence-electron chi connectivity index (χ0n) is 13.0. The third-order valence-electron chi connectivity index (χ3n) is 3.30. The summed E-state index contributed by atoms with van der Waals surface area (Å²) in [5, 5.41) is 11.5. The van der Waals surface area contributed by atoms with Crippen molar-refractivity contribution in [1.29, 1.82) is 0 Å². The molecule has 0 aliphatic carbocycles. The van der Waals surface area contributed by atoms with Gasteiger partial charge in [-0.05, 0) is 38.1 Å². The van der Waals surface area contributed by atoms with Crippen LogP contribution in [0, 0.1) is 0 Å². The molecule has 128 valence electrons. The fourth-order valence-corrected chi connectivity index (χ4v) is 1.79. The van der Waals surface area contributed by atoms with Crippen molar-refractivity contribution < 1.29 is 28.2 Å². The summed E-state index contributed by atoms with van der Waals surface area (Å²) in [7, 11) is 1.56. The Bertz CT molecular complexity index is 523. The van der Waals surface area contributed by atoms with Gasteiger partial charge in [0, 0.05) is 6.54 Å². The normalized spacial score (nSPS) is 12.3. The van der Waals surface area contributed by atoms with E-state index in [0.29, 0.717) is 13.0 Å². The molecule has 1 aromatic rings. The summed E-state index contributed by atoms with van der Waals surface area (Å²) in [6.07, 6.45) is 0.527. The topological polar surface area (TPSA) is 78.9 Å². The standard InChI is InChI=1S/C15H20F2N2O4/c1-10(14(21)22)19(2)9-13(20)18-8-7-11-3-5-12(6-4-11)23-15(16)17/h3-6,10,15H,7-9H2,1-2H3,(H,18,20)(H,21,22). The highest BCUT2D eigenvalue weighted by Gasteiger charge is 2.18. The van der Waals surface area contributed by atoms with Crippen LogP contribution < -0.4 is 10.1 Å². The minimum absolute atomic E-state index is 0.0192.